The second-order valence-corrected chi connectivity index (χ2v) is 7.63. The molecule has 0 aliphatic carbocycles. The molecule has 0 spiro atoms. The Bertz CT molecular complexity index is 864. The Morgan fingerprint density at radius 2 is 1.81 bits per heavy atom. The lowest BCUT2D eigenvalue weighted by molar-refractivity contribution is -0.124. The van der Waals surface area contributed by atoms with Gasteiger partial charge in [0.05, 0.1) is 5.92 Å². The number of hydrogen-bond acceptors (Lipinski definition) is 2. The lowest BCUT2D eigenvalue weighted by atomic mass is 9.99. The Morgan fingerprint density at radius 3 is 2.58 bits per heavy atom. The Morgan fingerprint density at radius 1 is 1.08 bits per heavy atom. The number of amides is 2. The van der Waals surface area contributed by atoms with Gasteiger partial charge in [0.15, 0.2) is 0 Å². The van der Waals surface area contributed by atoms with E-state index in [1.165, 1.54) is 5.56 Å². The van der Waals surface area contributed by atoms with Gasteiger partial charge in [0, 0.05) is 40.9 Å². The third-order valence-corrected chi connectivity index (χ3v) is 5.45. The van der Waals surface area contributed by atoms with Gasteiger partial charge in [-0.05, 0) is 42.7 Å². The number of nitrogens with zero attached hydrogens (tertiary/aromatic N) is 2. The predicted octanol–water partition coefficient (Wildman–Crippen LogP) is 4.33. The molecular weight excluding hydrogens is 371 g/mol. The van der Waals surface area contributed by atoms with Crippen LogP contribution in [-0.4, -0.2) is 24.9 Å². The first-order valence-corrected chi connectivity index (χ1v) is 9.44. The first-order valence-electron chi connectivity index (χ1n) is 8.68. The van der Waals surface area contributed by atoms with Gasteiger partial charge in [-0.15, -0.1) is 0 Å². The summed E-state index contributed by atoms with van der Waals surface area (Å²) in [5.74, 6) is -0.417. The molecule has 0 bridgehead atoms. The number of aryl methyl sites for hydroxylation is 1. The molecule has 4 nitrogen and oxygen atoms in total. The van der Waals surface area contributed by atoms with Crippen LogP contribution < -0.4 is 9.80 Å². The predicted molar refractivity (Wildman–Crippen MR) is 104 cm³/mol. The van der Waals surface area contributed by atoms with Crippen LogP contribution in [0.1, 0.15) is 18.4 Å². The SMILES string of the molecule is O=C1CC(C(=O)N2CCCc3ccccc32)CN1c1cc(Cl)cc(Cl)c1. The second-order valence-electron chi connectivity index (χ2n) is 6.76. The van der Waals surface area contributed by atoms with E-state index < -0.39 is 0 Å². The number of fused-ring (bicyclic) bond motifs is 1. The quantitative estimate of drug-likeness (QED) is 0.768. The molecule has 4 rings (SSSR count). The summed E-state index contributed by atoms with van der Waals surface area (Å²) in [6, 6.07) is 13.0. The van der Waals surface area contributed by atoms with Crippen LogP contribution in [0.2, 0.25) is 10.0 Å². The molecule has 2 aliphatic rings. The van der Waals surface area contributed by atoms with E-state index in [1.54, 1.807) is 23.1 Å². The zero-order chi connectivity index (χ0) is 18.3. The van der Waals surface area contributed by atoms with Crippen LogP contribution in [-0.2, 0) is 16.0 Å². The number of carbonyl (C=O) groups is 2. The summed E-state index contributed by atoms with van der Waals surface area (Å²) in [6.45, 7) is 1.05. The van der Waals surface area contributed by atoms with Gasteiger partial charge < -0.3 is 9.80 Å². The third-order valence-electron chi connectivity index (χ3n) is 5.01. The molecule has 2 aromatic carbocycles. The maximum Gasteiger partial charge on any atom is 0.232 e. The number of rotatable bonds is 2. The van der Waals surface area contributed by atoms with Crippen molar-refractivity contribution < 1.29 is 9.59 Å². The van der Waals surface area contributed by atoms with Crippen molar-refractivity contribution >= 4 is 46.4 Å². The zero-order valence-corrected chi connectivity index (χ0v) is 15.6. The highest BCUT2D eigenvalue weighted by molar-refractivity contribution is 6.35. The van der Waals surface area contributed by atoms with E-state index in [-0.39, 0.29) is 24.2 Å². The summed E-state index contributed by atoms with van der Waals surface area (Å²) in [4.78, 5) is 29.1. The average molecular weight is 389 g/mol. The van der Waals surface area contributed by atoms with Gasteiger partial charge in [-0.2, -0.15) is 0 Å². The van der Waals surface area contributed by atoms with Crippen LogP contribution in [0.3, 0.4) is 0 Å². The van der Waals surface area contributed by atoms with Crippen molar-refractivity contribution in [3.63, 3.8) is 0 Å². The molecule has 0 radical (unpaired) electrons. The number of para-hydroxylation sites is 1. The Balaban J connectivity index is 1.57. The minimum absolute atomic E-state index is 0.0149. The molecule has 6 heteroatoms. The van der Waals surface area contributed by atoms with Gasteiger partial charge in [-0.25, -0.2) is 0 Å². The number of halogens is 2. The number of hydrogen-bond donors (Lipinski definition) is 0. The lowest BCUT2D eigenvalue weighted by Gasteiger charge is -2.31. The fourth-order valence-electron chi connectivity index (χ4n) is 3.80. The molecule has 1 unspecified atom stereocenters. The van der Waals surface area contributed by atoms with Crippen LogP contribution in [0.25, 0.3) is 0 Å². The molecule has 1 atom stereocenters. The largest absolute Gasteiger partial charge is 0.312 e. The van der Waals surface area contributed by atoms with Gasteiger partial charge in [-0.1, -0.05) is 41.4 Å². The second kappa shape index (κ2) is 6.93. The van der Waals surface area contributed by atoms with Crippen molar-refractivity contribution in [2.45, 2.75) is 19.3 Å². The van der Waals surface area contributed by atoms with Gasteiger partial charge in [-0.3, -0.25) is 9.59 Å². The minimum atomic E-state index is -0.355. The molecule has 0 N–H and O–H groups in total. The molecule has 2 aliphatic heterocycles. The Labute approximate surface area is 162 Å². The summed E-state index contributed by atoms with van der Waals surface area (Å²) < 4.78 is 0. The van der Waals surface area contributed by atoms with E-state index in [9.17, 15) is 9.59 Å². The van der Waals surface area contributed by atoms with Crippen LogP contribution in [0.4, 0.5) is 11.4 Å². The monoisotopic (exact) mass is 388 g/mol. The van der Waals surface area contributed by atoms with E-state index in [0.717, 1.165) is 18.5 Å². The maximum absolute atomic E-state index is 13.1. The number of benzene rings is 2. The highest BCUT2D eigenvalue weighted by atomic mass is 35.5. The number of anilines is 2. The summed E-state index contributed by atoms with van der Waals surface area (Å²) in [5.41, 5.74) is 2.80. The molecule has 0 saturated carbocycles. The molecule has 1 fully saturated rings. The van der Waals surface area contributed by atoms with E-state index in [4.69, 9.17) is 23.2 Å². The van der Waals surface area contributed by atoms with Crippen molar-refractivity contribution in [3.8, 4) is 0 Å². The zero-order valence-electron chi connectivity index (χ0n) is 14.1. The third kappa shape index (κ3) is 3.19. The average Bonchev–Trinajstić information content (AvgIpc) is 3.01. The molecule has 0 aromatic heterocycles. The molecule has 2 aromatic rings. The summed E-state index contributed by atoms with van der Waals surface area (Å²) in [6.07, 6.45) is 2.13. The molecule has 1 saturated heterocycles. The van der Waals surface area contributed by atoms with Crippen molar-refractivity contribution in [1.29, 1.82) is 0 Å². The van der Waals surface area contributed by atoms with Crippen molar-refractivity contribution in [3.05, 3.63) is 58.1 Å². The van der Waals surface area contributed by atoms with Crippen molar-refractivity contribution in [2.24, 2.45) is 5.92 Å². The van der Waals surface area contributed by atoms with Crippen molar-refractivity contribution in [2.75, 3.05) is 22.9 Å². The normalized spacial score (nSPS) is 19.6. The molecule has 134 valence electrons. The van der Waals surface area contributed by atoms with Crippen LogP contribution in [0, 0.1) is 5.92 Å². The van der Waals surface area contributed by atoms with Gasteiger partial charge >= 0.3 is 0 Å². The Kier molecular flexibility index (Phi) is 4.63. The molecule has 26 heavy (non-hydrogen) atoms. The van der Waals surface area contributed by atoms with Crippen LogP contribution >= 0.6 is 23.2 Å². The van der Waals surface area contributed by atoms with E-state index in [2.05, 4.69) is 6.07 Å². The smallest absolute Gasteiger partial charge is 0.232 e. The fourth-order valence-corrected chi connectivity index (χ4v) is 4.32. The van der Waals surface area contributed by atoms with Gasteiger partial charge in [0.2, 0.25) is 11.8 Å². The van der Waals surface area contributed by atoms with Crippen molar-refractivity contribution in [1.82, 2.24) is 0 Å². The first-order chi connectivity index (χ1) is 12.5. The summed E-state index contributed by atoms with van der Waals surface area (Å²) in [7, 11) is 0. The molecule has 2 amide bonds. The minimum Gasteiger partial charge on any atom is -0.312 e. The Hall–Kier alpha value is -2.04. The standard InChI is InChI=1S/C20H18Cl2N2O2/c21-15-9-16(22)11-17(10-15)24-12-14(8-19(24)25)20(26)23-7-3-5-13-4-1-2-6-18(13)23/h1-2,4,6,9-11,14H,3,5,7-8,12H2. The van der Waals surface area contributed by atoms with Gasteiger partial charge in [0.1, 0.15) is 0 Å². The highest BCUT2D eigenvalue weighted by Gasteiger charge is 2.38. The highest BCUT2D eigenvalue weighted by Crippen LogP contribution is 2.33. The summed E-state index contributed by atoms with van der Waals surface area (Å²) in [5, 5.41) is 0.945. The summed E-state index contributed by atoms with van der Waals surface area (Å²) >= 11 is 12.1. The van der Waals surface area contributed by atoms with Crippen LogP contribution in [0.5, 0.6) is 0 Å². The van der Waals surface area contributed by atoms with E-state index >= 15 is 0 Å². The molecular formula is C20H18Cl2N2O2. The first kappa shape index (κ1) is 17.4. The van der Waals surface area contributed by atoms with Gasteiger partial charge in [0.25, 0.3) is 0 Å². The topological polar surface area (TPSA) is 40.6 Å². The lowest BCUT2D eigenvalue weighted by Crippen LogP contribution is -2.40. The maximum atomic E-state index is 13.1. The molecule has 2 heterocycles. The van der Waals surface area contributed by atoms with Crippen LogP contribution in [0.15, 0.2) is 42.5 Å². The van der Waals surface area contributed by atoms with E-state index in [0.29, 0.717) is 28.8 Å². The number of carbonyl (C=O) groups excluding carboxylic acids is 2. The van der Waals surface area contributed by atoms with E-state index in [1.807, 2.05) is 23.1 Å². The fraction of sp³-hybridized carbons (Fsp3) is 0.300.